The van der Waals surface area contributed by atoms with E-state index in [2.05, 4.69) is 17.2 Å². The molecule has 98 valence electrons. The van der Waals surface area contributed by atoms with Gasteiger partial charge in [-0.15, -0.1) is 0 Å². The lowest BCUT2D eigenvalue weighted by Crippen LogP contribution is -2.49. The van der Waals surface area contributed by atoms with Crippen LogP contribution in [0.1, 0.15) is 36.5 Å². The molecule has 1 aromatic rings. The van der Waals surface area contributed by atoms with Crippen molar-refractivity contribution in [2.45, 2.75) is 32.2 Å². The molecule has 18 heavy (non-hydrogen) atoms. The van der Waals surface area contributed by atoms with Gasteiger partial charge in [-0.3, -0.25) is 9.78 Å². The third-order valence-corrected chi connectivity index (χ3v) is 3.35. The number of pyridine rings is 1. The van der Waals surface area contributed by atoms with Crippen LogP contribution in [-0.2, 0) is 0 Å². The third-order valence-electron chi connectivity index (χ3n) is 3.35. The highest BCUT2D eigenvalue weighted by molar-refractivity contribution is 5.94. The average Bonchev–Trinajstić information content (AvgIpc) is 2.46. The molecule has 0 bridgehead atoms. The summed E-state index contributed by atoms with van der Waals surface area (Å²) in [6.45, 7) is 4.91. The third kappa shape index (κ3) is 3.07. The fourth-order valence-corrected chi connectivity index (χ4v) is 2.45. The maximum atomic E-state index is 12.5. The fraction of sp³-hybridized carbons (Fsp3) is 0.571. The summed E-state index contributed by atoms with van der Waals surface area (Å²) < 4.78 is 0. The maximum Gasteiger partial charge on any atom is 0.255 e. The lowest BCUT2D eigenvalue weighted by molar-refractivity contribution is 0.0648. The number of aromatic nitrogens is 1. The quantitative estimate of drug-likeness (QED) is 0.880. The molecule has 1 aliphatic heterocycles. The molecule has 1 atom stereocenters. The summed E-state index contributed by atoms with van der Waals surface area (Å²) in [5.41, 5.74) is 0.691. The lowest BCUT2D eigenvalue weighted by atomic mass is 10.0. The van der Waals surface area contributed by atoms with E-state index in [9.17, 15) is 4.79 Å². The molecule has 2 heterocycles. The van der Waals surface area contributed by atoms with E-state index in [4.69, 9.17) is 0 Å². The van der Waals surface area contributed by atoms with Crippen molar-refractivity contribution in [2.75, 3.05) is 19.6 Å². The zero-order chi connectivity index (χ0) is 12.8. The van der Waals surface area contributed by atoms with Crippen LogP contribution in [0.5, 0.6) is 0 Å². The van der Waals surface area contributed by atoms with Crippen molar-refractivity contribution in [1.82, 2.24) is 15.2 Å². The predicted octanol–water partition coefficient (Wildman–Crippen LogP) is 1.69. The van der Waals surface area contributed by atoms with E-state index in [-0.39, 0.29) is 5.91 Å². The molecule has 4 heteroatoms. The first-order valence-electron chi connectivity index (χ1n) is 6.74. The van der Waals surface area contributed by atoms with Crippen molar-refractivity contribution in [3.8, 4) is 0 Å². The van der Waals surface area contributed by atoms with E-state index in [0.717, 1.165) is 38.9 Å². The minimum atomic E-state index is 0.110. The van der Waals surface area contributed by atoms with Gasteiger partial charge >= 0.3 is 0 Å². The predicted molar refractivity (Wildman–Crippen MR) is 71.5 cm³/mol. The van der Waals surface area contributed by atoms with Gasteiger partial charge in [-0.1, -0.05) is 6.92 Å². The Morgan fingerprint density at radius 3 is 3.11 bits per heavy atom. The van der Waals surface area contributed by atoms with Crippen LogP contribution in [0.4, 0.5) is 0 Å². The summed E-state index contributed by atoms with van der Waals surface area (Å²) in [4.78, 5) is 18.5. The lowest BCUT2D eigenvalue weighted by Gasteiger charge is -2.34. The van der Waals surface area contributed by atoms with Crippen LogP contribution in [0, 0.1) is 0 Å². The van der Waals surface area contributed by atoms with Gasteiger partial charge in [0, 0.05) is 31.5 Å². The van der Waals surface area contributed by atoms with Gasteiger partial charge < -0.3 is 10.2 Å². The fourth-order valence-electron chi connectivity index (χ4n) is 2.45. The van der Waals surface area contributed by atoms with Gasteiger partial charge in [0.1, 0.15) is 0 Å². The largest absolute Gasteiger partial charge is 0.334 e. The number of piperidine rings is 1. The van der Waals surface area contributed by atoms with Gasteiger partial charge in [-0.05, 0) is 37.9 Å². The molecular weight excluding hydrogens is 226 g/mol. The van der Waals surface area contributed by atoms with Gasteiger partial charge in [0.2, 0.25) is 0 Å². The first kappa shape index (κ1) is 13.0. The Kier molecular flexibility index (Phi) is 4.70. The molecule has 1 unspecified atom stereocenters. The highest BCUT2D eigenvalue weighted by Crippen LogP contribution is 2.14. The van der Waals surface area contributed by atoms with Crippen molar-refractivity contribution in [1.29, 1.82) is 0 Å². The Labute approximate surface area is 108 Å². The molecule has 1 saturated heterocycles. The van der Waals surface area contributed by atoms with Crippen LogP contribution in [0.15, 0.2) is 24.5 Å². The summed E-state index contributed by atoms with van der Waals surface area (Å²) in [7, 11) is 0. The number of carbonyl (C=O) groups is 1. The smallest absolute Gasteiger partial charge is 0.255 e. The molecule has 2 rings (SSSR count). The van der Waals surface area contributed by atoms with Crippen LogP contribution >= 0.6 is 0 Å². The van der Waals surface area contributed by atoms with Crippen molar-refractivity contribution < 1.29 is 4.79 Å². The molecule has 0 aromatic carbocycles. The minimum absolute atomic E-state index is 0.110. The van der Waals surface area contributed by atoms with Gasteiger partial charge in [0.05, 0.1) is 5.56 Å². The molecule has 0 aliphatic carbocycles. The molecule has 0 spiro atoms. The van der Waals surface area contributed by atoms with Crippen LogP contribution in [0.2, 0.25) is 0 Å². The Balaban J connectivity index is 2.11. The summed E-state index contributed by atoms with van der Waals surface area (Å²) in [6.07, 6.45) is 6.58. The monoisotopic (exact) mass is 247 g/mol. The molecule has 0 saturated carbocycles. The number of nitrogens with zero attached hydrogens (tertiary/aromatic N) is 2. The molecule has 1 fully saturated rings. The van der Waals surface area contributed by atoms with Crippen LogP contribution < -0.4 is 5.32 Å². The van der Waals surface area contributed by atoms with Gasteiger partial charge in [-0.25, -0.2) is 0 Å². The molecular formula is C14H21N3O. The Bertz CT molecular complexity index is 374. The second kappa shape index (κ2) is 6.50. The number of hydrogen-bond donors (Lipinski definition) is 1. The first-order chi connectivity index (χ1) is 8.83. The van der Waals surface area contributed by atoms with Gasteiger partial charge in [0.15, 0.2) is 0 Å². The van der Waals surface area contributed by atoms with E-state index in [1.165, 1.54) is 0 Å². The summed E-state index contributed by atoms with van der Waals surface area (Å²) >= 11 is 0. The molecule has 1 aromatic heterocycles. The zero-order valence-electron chi connectivity index (χ0n) is 10.9. The van der Waals surface area contributed by atoms with Crippen LogP contribution in [0.3, 0.4) is 0 Å². The topological polar surface area (TPSA) is 45.2 Å². The summed E-state index contributed by atoms with van der Waals surface area (Å²) in [5, 5.41) is 3.37. The number of amides is 1. The Morgan fingerprint density at radius 2 is 2.50 bits per heavy atom. The highest BCUT2D eigenvalue weighted by Gasteiger charge is 2.25. The summed E-state index contributed by atoms with van der Waals surface area (Å²) in [5.74, 6) is 0.110. The van der Waals surface area contributed by atoms with Crippen molar-refractivity contribution >= 4 is 5.91 Å². The van der Waals surface area contributed by atoms with Crippen LogP contribution in [-0.4, -0.2) is 41.5 Å². The maximum absolute atomic E-state index is 12.5. The van der Waals surface area contributed by atoms with Crippen molar-refractivity contribution in [2.24, 2.45) is 0 Å². The standard InChI is InChI=1S/C14H21N3O/c1-2-9-17(13-6-4-8-16-11-13)14(18)12-5-3-7-15-10-12/h3,5,7,10,13,16H,2,4,6,8-9,11H2,1H3. The molecule has 1 aliphatic rings. The van der Waals surface area contributed by atoms with E-state index < -0.39 is 0 Å². The van der Waals surface area contributed by atoms with E-state index in [1.54, 1.807) is 12.4 Å². The van der Waals surface area contributed by atoms with Crippen molar-refractivity contribution in [3.63, 3.8) is 0 Å². The van der Waals surface area contributed by atoms with Gasteiger partial charge in [-0.2, -0.15) is 0 Å². The Hall–Kier alpha value is -1.42. The minimum Gasteiger partial charge on any atom is -0.334 e. The van der Waals surface area contributed by atoms with E-state index in [0.29, 0.717) is 11.6 Å². The Morgan fingerprint density at radius 1 is 1.61 bits per heavy atom. The zero-order valence-corrected chi connectivity index (χ0v) is 10.9. The van der Waals surface area contributed by atoms with Crippen LogP contribution in [0.25, 0.3) is 0 Å². The van der Waals surface area contributed by atoms with Gasteiger partial charge in [0.25, 0.3) is 5.91 Å². The normalized spacial score (nSPS) is 19.5. The SMILES string of the molecule is CCCN(C(=O)c1cccnc1)C1CCCNC1. The first-order valence-corrected chi connectivity index (χ1v) is 6.74. The van der Waals surface area contributed by atoms with E-state index in [1.807, 2.05) is 17.0 Å². The number of hydrogen-bond acceptors (Lipinski definition) is 3. The molecule has 1 N–H and O–H groups in total. The number of rotatable bonds is 4. The second-order valence-electron chi connectivity index (χ2n) is 4.74. The molecule has 4 nitrogen and oxygen atoms in total. The second-order valence-corrected chi connectivity index (χ2v) is 4.74. The average molecular weight is 247 g/mol. The van der Waals surface area contributed by atoms with Crippen molar-refractivity contribution in [3.05, 3.63) is 30.1 Å². The number of carbonyl (C=O) groups excluding carboxylic acids is 1. The molecule has 1 amide bonds. The van der Waals surface area contributed by atoms with E-state index >= 15 is 0 Å². The summed E-state index contributed by atoms with van der Waals surface area (Å²) in [6, 6.07) is 3.98. The molecule has 0 radical (unpaired) electrons. The highest BCUT2D eigenvalue weighted by atomic mass is 16.2. The number of nitrogens with one attached hydrogen (secondary N) is 1.